The minimum atomic E-state index is -0.582. The number of nitrogens with one attached hydrogen (secondary N) is 1. The van der Waals surface area contributed by atoms with Gasteiger partial charge < -0.3 is 15.3 Å². The van der Waals surface area contributed by atoms with Crippen LogP contribution in [0.1, 0.15) is 37.3 Å². The summed E-state index contributed by atoms with van der Waals surface area (Å²) in [7, 11) is 0. The van der Waals surface area contributed by atoms with Crippen LogP contribution in [0.3, 0.4) is 0 Å². The lowest BCUT2D eigenvalue weighted by Gasteiger charge is -2.38. The van der Waals surface area contributed by atoms with E-state index in [-0.39, 0.29) is 0 Å². The molecule has 142 valence electrons. The zero-order valence-corrected chi connectivity index (χ0v) is 15.8. The Bertz CT molecular complexity index is 812. The Hall–Kier alpha value is -2.51. The number of piperazine rings is 1. The van der Waals surface area contributed by atoms with E-state index in [1.807, 2.05) is 18.3 Å². The molecule has 0 spiro atoms. The van der Waals surface area contributed by atoms with Crippen LogP contribution in [0, 0.1) is 0 Å². The van der Waals surface area contributed by atoms with Gasteiger partial charge in [-0.2, -0.15) is 5.10 Å². The second-order valence-corrected chi connectivity index (χ2v) is 7.16. The van der Waals surface area contributed by atoms with Gasteiger partial charge in [-0.3, -0.25) is 9.89 Å². The highest BCUT2D eigenvalue weighted by atomic mass is 16.3. The molecule has 1 aromatic carbocycles. The van der Waals surface area contributed by atoms with Crippen LogP contribution in [-0.2, 0) is 0 Å². The van der Waals surface area contributed by atoms with E-state index in [4.69, 9.17) is 0 Å². The van der Waals surface area contributed by atoms with Crippen molar-refractivity contribution in [1.29, 1.82) is 0 Å². The minimum Gasteiger partial charge on any atom is -0.387 e. The van der Waals surface area contributed by atoms with Crippen LogP contribution in [0.5, 0.6) is 0 Å². The van der Waals surface area contributed by atoms with Crippen LogP contribution in [0.2, 0.25) is 0 Å². The number of aliphatic imine (C=N–C) groups is 1. The summed E-state index contributed by atoms with van der Waals surface area (Å²) in [5, 5.41) is 21.4. The van der Waals surface area contributed by atoms with E-state index >= 15 is 0 Å². The van der Waals surface area contributed by atoms with Crippen molar-refractivity contribution in [2.75, 3.05) is 42.9 Å². The second-order valence-electron chi connectivity index (χ2n) is 7.16. The molecule has 2 aliphatic heterocycles. The van der Waals surface area contributed by atoms with Gasteiger partial charge in [-0.25, -0.2) is 0 Å². The summed E-state index contributed by atoms with van der Waals surface area (Å²) < 4.78 is 0. The number of fused-ring (bicyclic) bond motifs is 1. The van der Waals surface area contributed by atoms with Gasteiger partial charge in [0.2, 0.25) is 0 Å². The summed E-state index contributed by atoms with van der Waals surface area (Å²) in [4.78, 5) is 9.19. The maximum atomic E-state index is 9.57. The van der Waals surface area contributed by atoms with E-state index in [1.54, 1.807) is 6.92 Å². The van der Waals surface area contributed by atoms with E-state index in [1.165, 1.54) is 5.56 Å². The lowest BCUT2D eigenvalue weighted by molar-refractivity contribution is 0.192. The van der Waals surface area contributed by atoms with E-state index in [9.17, 15) is 5.11 Å². The average molecular weight is 366 g/mol. The monoisotopic (exact) mass is 366 g/mol. The van der Waals surface area contributed by atoms with Crippen molar-refractivity contribution in [3.63, 3.8) is 0 Å². The summed E-state index contributed by atoms with van der Waals surface area (Å²) in [5.41, 5.74) is 4.06. The van der Waals surface area contributed by atoms with Crippen molar-refractivity contribution in [3.8, 4) is 0 Å². The van der Waals surface area contributed by atoms with Crippen molar-refractivity contribution < 1.29 is 5.11 Å². The Morgan fingerprint density at radius 2 is 1.85 bits per heavy atom. The first-order chi connectivity index (χ1) is 13.1. The first-order valence-corrected chi connectivity index (χ1v) is 9.53. The molecular weight excluding hydrogens is 340 g/mol. The fraction of sp³-hybridized carbons (Fsp3) is 0.450. The van der Waals surface area contributed by atoms with Crippen LogP contribution in [-0.4, -0.2) is 59.1 Å². The number of aliphatic hydroxyl groups is 1. The maximum Gasteiger partial charge on any atom is 0.151 e. The van der Waals surface area contributed by atoms with Crippen LogP contribution >= 0.6 is 0 Å². The van der Waals surface area contributed by atoms with Crippen molar-refractivity contribution in [2.45, 2.75) is 26.0 Å². The van der Waals surface area contributed by atoms with Gasteiger partial charge in [-0.05, 0) is 43.7 Å². The van der Waals surface area contributed by atoms with E-state index in [2.05, 4.69) is 55.4 Å². The molecule has 0 aliphatic carbocycles. The summed E-state index contributed by atoms with van der Waals surface area (Å²) in [6.07, 6.45) is 1.32. The first-order valence-electron chi connectivity index (χ1n) is 9.53. The zero-order chi connectivity index (χ0) is 18.8. The number of benzene rings is 1. The Balaban J connectivity index is 1.39. The first kappa shape index (κ1) is 17.9. The molecule has 1 aromatic heterocycles. The molecule has 1 fully saturated rings. The molecule has 0 saturated carbocycles. The normalized spacial score (nSPS) is 19.3. The second kappa shape index (κ2) is 7.62. The van der Waals surface area contributed by atoms with E-state index in [0.717, 1.165) is 49.9 Å². The number of hydrogen-bond acceptors (Lipinski definition) is 7. The van der Waals surface area contributed by atoms with Gasteiger partial charge in [-0.1, -0.05) is 6.07 Å². The molecule has 2 atom stereocenters. The Morgan fingerprint density at radius 1 is 1.04 bits per heavy atom. The smallest absolute Gasteiger partial charge is 0.151 e. The summed E-state index contributed by atoms with van der Waals surface area (Å²) in [6.45, 7) is 8.54. The molecule has 4 rings (SSSR count). The third kappa shape index (κ3) is 3.79. The molecule has 7 heteroatoms. The molecule has 2 aromatic rings. The van der Waals surface area contributed by atoms with Crippen LogP contribution in [0.15, 0.2) is 35.3 Å². The lowest BCUT2D eigenvalue weighted by Crippen LogP contribution is -2.47. The molecule has 0 amide bonds. The zero-order valence-electron chi connectivity index (χ0n) is 15.8. The minimum absolute atomic E-state index is 0.355. The van der Waals surface area contributed by atoms with Gasteiger partial charge in [0.15, 0.2) is 5.82 Å². The molecule has 0 radical (unpaired) electrons. The van der Waals surface area contributed by atoms with Crippen molar-refractivity contribution in [1.82, 2.24) is 15.1 Å². The van der Waals surface area contributed by atoms with Gasteiger partial charge in [0.1, 0.15) is 0 Å². The molecular formula is C20H26N6O. The van der Waals surface area contributed by atoms with Crippen LogP contribution in [0.4, 0.5) is 17.2 Å². The maximum absolute atomic E-state index is 9.57. The van der Waals surface area contributed by atoms with E-state index < -0.39 is 6.10 Å². The average Bonchev–Trinajstić information content (AvgIpc) is 2.73. The van der Waals surface area contributed by atoms with Gasteiger partial charge in [0, 0.05) is 38.4 Å². The molecule has 2 unspecified atom stereocenters. The Kier molecular flexibility index (Phi) is 5.05. The third-order valence-electron chi connectivity index (χ3n) is 5.40. The molecule has 7 nitrogen and oxygen atoms in total. The predicted octanol–water partition coefficient (Wildman–Crippen LogP) is 2.54. The molecule has 2 aliphatic rings. The summed E-state index contributed by atoms with van der Waals surface area (Å²) >= 11 is 0. The largest absolute Gasteiger partial charge is 0.387 e. The Morgan fingerprint density at radius 3 is 2.56 bits per heavy atom. The molecule has 27 heavy (non-hydrogen) atoms. The number of hydrogen-bond donors (Lipinski definition) is 2. The number of aromatic nitrogens is 2. The Labute approximate surface area is 159 Å². The van der Waals surface area contributed by atoms with Crippen molar-refractivity contribution in [2.24, 2.45) is 4.99 Å². The van der Waals surface area contributed by atoms with Crippen molar-refractivity contribution in [3.05, 3.63) is 41.6 Å². The predicted molar refractivity (Wildman–Crippen MR) is 108 cm³/mol. The topological polar surface area (TPSA) is 76.9 Å². The van der Waals surface area contributed by atoms with Crippen LogP contribution < -0.4 is 10.2 Å². The fourth-order valence-corrected chi connectivity index (χ4v) is 3.64. The highest BCUT2D eigenvalue weighted by Crippen LogP contribution is 2.32. The fourth-order valence-electron chi connectivity index (χ4n) is 3.64. The lowest BCUT2D eigenvalue weighted by atomic mass is 10.0. The van der Waals surface area contributed by atoms with Crippen molar-refractivity contribution >= 4 is 23.4 Å². The molecule has 3 heterocycles. The standard InChI is InChI=1S/C20H26N6O/c1-14(16-3-4-18-19(13-16)22-8-7-21-18)25-9-11-26(12-10-25)20-6-5-17(15(2)27)23-24-20/h3-7,13-15,22,27H,8-12H2,1-2H3. The van der Waals surface area contributed by atoms with E-state index in [0.29, 0.717) is 11.7 Å². The molecule has 1 saturated heterocycles. The SMILES string of the molecule is CC(O)c1ccc(N2CCN(C(C)c3ccc4c(c3)NCC=N4)CC2)nn1. The number of anilines is 2. The third-order valence-corrected chi connectivity index (χ3v) is 5.40. The number of rotatable bonds is 4. The van der Waals surface area contributed by atoms with Gasteiger partial charge in [-0.15, -0.1) is 5.10 Å². The summed E-state index contributed by atoms with van der Waals surface area (Å²) in [6, 6.07) is 10.7. The quantitative estimate of drug-likeness (QED) is 0.866. The van der Waals surface area contributed by atoms with Gasteiger partial charge in [0.25, 0.3) is 0 Å². The summed E-state index contributed by atoms with van der Waals surface area (Å²) in [5.74, 6) is 0.877. The van der Waals surface area contributed by atoms with Gasteiger partial charge in [0.05, 0.1) is 29.7 Å². The highest BCUT2D eigenvalue weighted by molar-refractivity contribution is 5.80. The highest BCUT2D eigenvalue weighted by Gasteiger charge is 2.23. The molecule has 0 bridgehead atoms. The molecule has 2 N–H and O–H groups in total. The van der Waals surface area contributed by atoms with Crippen LogP contribution in [0.25, 0.3) is 0 Å². The number of nitrogens with zero attached hydrogens (tertiary/aromatic N) is 5. The number of aliphatic hydroxyl groups excluding tert-OH is 1. The van der Waals surface area contributed by atoms with Gasteiger partial charge >= 0.3 is 0 Å².